The van der Waals surface area contributed by atoms with Gasteiger partial charge in [0, 0.05) is 6.42 Å². The molecule has 1 saturated heterocycles. The largest absolute Gasteiger partial charge is 0.444 e. The Morgan fingerprint density at radius 1 is 1.53 bits per heavy atom. The van der Waals surface area contributed by atoms with Gasteiger partial charge in [-0.05, 0) is 27.7 Å². The van der Waals surface area contributed by atoms with E-state index in [0.29, 0.717) is 0 Å². The van der Waals surface area contributed by atoms with Crippen molar-refractivity contribution in [2.24, 2.45) is 0 Å². The van der Waals surface area contributed by atoms with Crippen molar-refractivity contribution in [3.8, 4) is 0 Å². The first-order valence-corrected chi connectivity index (χ1v) is 5.57. The highest BCUT2D eigenvalue weighted by atomic mass is 19.3. The molecule has 1 rings (SSSR count). The van der Waals surface area contributed by atoms with Gasteiger partial charge in [-0.2, -0.15) is 0 Å². The zero-order chi connectivity index (χ0) is 13.4. The first kappa shape index (κ1) is 14.2. The van der Waals surface area contributed by atoms with Crippen molar-refractivity contribution in [2.75, 3.05) is 6.54 Å². The molecule has 100 valence electrons. The Kier molecular flexibility index (Phi) is 3.66. The van der Waals surface area contributed by atoms with E-state index < -0.39 is 42.7 Å². The number of nitrogens with zero attached hydrogens (tertiary/aromatic N) is 1. The maximum atomic E-state index is 13.2. The van der Waals surface area contributed by atoms with Crippen LogP contribution in [0.4, 0.5) is 13.6 Å². The molecule has 2 atom stereocenters. The molecule has 1 amide bonds. The number of carbonyl (C=O) groups excluding carboxylic acids is 1. The van der Waals surface area contributed by atoms with Crippen LogP contribution >= 0.6 is 0 Å². The summed E-state index contributed by atoms with van der Waals surface area (Å²) < 4.78 is 31.5. The molecule has 17 heavy (non-hydrogen) atoms. The lowest BCUT2D eigenvalue weighted by Crippen LogP contribution is -2.44. The summed E-state index contributed by atoms with van der Waals surface area (Å²) >= 11 is 0. The number of hydrogen-bond acceptors (Lipinski definition) is 3. The standard InChI is InChI=1S/C11H19F2NO3/c1-7(15)8-5-11(12,13)6-14(8)9(16)17-10(2,3)4/h7-8,15H,5-6H2,1-4H3/t7-,8-/m1/s1. The van der Waals surface area contributed by atoms with Gasteiger partial charge in [-0.1, -0.05) is 0 Å². The predicted octanol–water partition coefficient (Wildman–Crippen LogP) is 2.01. The van der Waals surface area contributed by atoms with Gasteiger partial charge in [0.1, 0.15) is 5.60 Å². The Hall–Kier alpha value is -0.910. The van der Waals surface area contributed by atoms with Crippen molar-refractivity contribution in [1.29, 1.82) is 0 Å². The van der Waals surface area contributed by atoms with E-state index in [2.05, 4.69) is 0 Å². The molecule has 1 fully saturated rings. The van der Waals surface area contributed by atoms with Crippen LogP contribution < -0.4 is 0 Å². The van der Waals surface area contributed by atoms with Gasteiger partial charge in [0.2, 0.25) is 0 Å². The summed E-state index contributed by atoms with van der Waals surface area (Å²) in [5.41, 5.74) is -0.738. The molecule has 1 heterocycles. The Morgan fingerprint density at radius 3 is 2.47 bits per heavy atom. The molecule has 0 spiro atoms. The van der Waals surface area contributed by atoms with E-state index >= 15 is 0 Å². The molecular weight excluding hydrogens is 232 g/mol. The smallest absolute Gasteiger partial charge is 0.410 e. The molecule has 4 nitrogen and oxygen atoms in total. The zero-order valence-electron chi connectivity index (χ0n) is 10.5. The average Bonchev–Trinajstić information content (AvgIpc) is 2.38. The number of likely N-dealkylation sites (tertiary alicyclic amines) is 1. The van der Waals surface area contributed by atoms with E-state index in [0.717, 1.165) is 4.90 Å². The average molecular weight is 251 g/mol. The van der Waals surface area contributed by atoms with Gasteiger partial charge in [0.25, 0.3) is 5.92 Å². The van der Waals surface area contributed by atoms with Gasteiger partial charge < -0.3 is 9.84 Å². The summed E-state index contributed by atoms with van der Waals surface area (Å²) in [6.07, 6.45) is -2.33. The monoisotopic (exact) mass is 251 g/mol. The fourth-order valence-corrected chi connectivity index (χ4v) is 1.80. The molecule has 0 saturated carbocycles. The van der Waals surface area contributed by atoms with Crippen LogP contribution in [0, 0.1) is 0 Å². The number of hydrogen-bond donors (Lipinski definition) is 1. The number of aliphatic hydroxyl groups is 1. The number of aliphatic hydroxyl groups excluding tert-OH is 1. The minimum absolute atomic E-state index is 0.524. The maximum Gasteiger partial charge on any atom is 0.410 e. The summed E-state index contributed by atoms with van der Waals surface area (Å²) in [5.74, 6) is -2.96. The quantitative estimate of drug-likeness (QED) is 0.775. The van der Waals surface area contributed by atoms with Crippen LogP contribution in [0.5, 0.6) is 0 Å². The van der Waals surface area contributed by atoms with E-state index in [1.807, 2.05) is 0 Å². The normalized spacial score (nSPS) is 25.8. The molecule has 1 aliphatic heterocycles. The van der Waals surface area contributed by atoms with Crippen LogP contribution in [0.15, 0.2) is 0 Å². The summed E-state index contributed by atoms with van der Waals surface area (Å²) in [6, 6.07) is -0.889. The highest BCUT2D eigenvalue weighted by Gasteiger charge is 2.49. The zero-order valence-corrected chi connectivity index (χ0v) is 10.5. The predicted molar refractivity (Wildman–Crippen MR) is 58.0 cm³/mol. The molecule has 0 unspecified atom stereocenters. The van der Waals surface area contributed by atoms with Crippen LogP contribution in [0.3, 0.4) is 0 Å². The first-order chi connectivity index (χ1) is 7.52. The molecule has 1 aliphatic rings. The fraction of sp³-hybridized carbons (Fsp3) is 0.909. The summed E-state index contributed by atoms with van der Waals surface area (Å²) in [6.45, 7) is 5.68. The van der Waals surface area contributed by atoms with Crippen LogP contribution in [-0.2, 0) is 4.74 Å². The molecule has 0 aromatic rings. The Bertz CT molecular complexity index is 300. The molecule has 0 bridgehead atoms. The van der Waals surface area contributed by atoms with E-state index in [9.17, 15) is 18.7 Å². The Labute approximate surface area is 99.5 Å². The minimum atomic E-state index is -2.96. The van der Waals surface area contributed by atoms with Crippen molar-refractivity contribution in [3.63, 3.8) is 0 Å². The molecule has 0 radical (unpaired) electrons. The van der Waals surface area contributed by atoms with Gasteiger partial charge >= 0.3 is 6.09 Å². The van der Waals surface area contributed by atoms with E-state index in [1.165, 1.54) is 6.92 Å². The van der Waals surface area contributed by atoms with Gasteiger partial charge in [0.05, 0.1) is 18.7 Å². The number of amides is 1. The van der Waals surface area contributed by atoms with Crippen LogP contribution in [0.1, 0.15) is 34.1 Å². The van der Waals surface area contributed by atoms with Gasteiger partial charge in [-0.25, -0.2) is 13.6 Å². The lowest BCUT2D eigenvalue weighted by Gasteiger charge is -2.29. The second kappa shape index (κ2) is 4.40. The first-order valence-electron chi connectivity index (χ1n) is 5.57. The highest BCUT2D eigenvalue weighted by Crippen LogP contribution is 2.34. The molecule has 0 aromatic heterocycles. The second-order valence-corrected chi connectivity index (χ2v) is 5.48. The molecule has 6 heteroatoms. The Morgan fingerprint density at radius 2 is 2.06 bits per heavy atom. The van der Waals surface area contributed by atoms with Crippen LogP contribution in [-0.4, -0.2) is 46.3 Å². The Balaban J connectivity index is 2.77. The molecule has 0 aliphatic carbocycles. The number of rotatable bonds is 1. The van der Waals surface area contributed by atoms with E-state index in [4.69, 9.17) is 4.74 Å². The second-order valence-electron chi connectivity index (χ2n) is 5.48. The third-order valence-electron chi connectivity index (χ3n) is 2.49. The summed E-state index contributed by atoms with van der Waals surface area (Å²) in [5, 5.41) is 9.42. The minimum Gasteiger partial charge on any atom is -0.444 e. The van der Waals surface area contributed by atoms with Crippen LogP contribution in [0.2, 0.25) is 0 Å². The van der Waals surface area contributed by atoms with Crippen molar-refractivity contribution >= 4 is 6.09 Å². The molecule has 1 N–H and O–H groups in total. The fourth-order valence-electron chi connectivity index (χ4n) is 1.80. The number of ether oxygens (including phenoxy) is 1. The SMILES string of the molecule is C[C@@H](O)[C@H]1CC(F)(F)CN1C(=O)OC(C)(C)C. The lowest BCUT2D eigenvalue weighted by atomic mass is 10.1. The van der Waals surface area contributed by atoms with Gasteiger partial charge in [-0.15, -0.1) is 0 Å². The third-order valence-corrected chi connectivity index (χ3v) is 2.49. The maximum absolute atomic E-state index is 13.2. The highest BCUT2D eigenvalue weighted by molar-refractivity contribution is 5.69. The van der Waals surface area contributed by atoms with Crippen molar-refractivity contribution in [3.05, 3.63) is 0 Å². The number of alkyl halides is 2. The summed E-state index contributed by atoms with van der Waals surface area (Å²) in [4.78, 5) is 12.6. The van der Waals surface area contributed by atoms with Gasteiger partial charge in [-0.3, -0.25) is 4.90 Å². The topological polar surface area (TPSA) is 49.8 Å². The molecular formula is C11H19F2NO3. The number of carbonyl (C=O) groups is 1. The van der Waals surface area contributed by atoms with Crippen molar-refractivity contribution in [1.82, 2.24) is 4.90 Å². The van der Waals surface area contributed by atoms with Crippen LogP contribution in [0.25, 0.3) is 0 Å². The van der Waals surface area contributed by atoms with Crippen molar-refractivity contribution in [2.45, 2.75) is 57.8 Å². The van der Waals surface area contributed by atoms with Crippen molar-refractivity contribution < 1.29 is 23.4 Å². The number of halogens is 2. The van der Waals surface area contributed by atoms with E-state index in [-0.39, 0.29) is 0 Å². The molecule has 0 aromatic carbocycles. The van der Waals surface area contributed by atoms with E-state index in [1.54, 1.807) is 20.8 Å². The third kappa shape index (κ3) is 3.80. The lowest BCUT2D eigenvalue weighted by molar-refractivity contribution is -0.00412. The summed E-state index contributed by atoms with van der Waals surface area (Å²) in [7, 11) is 0. The van der Waals surface area contributed by atoms with Gasteiger partial charge in [0.15, 0.2) is 0 Å².